The molecule has 0 spiro atoms. The Morgan fingerprint density at radius 1 is 1.43 bits per heavy atom. The van der Waals surface area contributed by atoms with E-state index in [0.717, 1.165) is 16.7 Å². The number of thioether (sulfide) groups is 1. The minimum atomic E-state index is 0.0237. The first kappa shape index (κ1) is 11.3. The number of nitrogens with zero attached hydrogens (tertiary/aromatic N) is 2. The van der Waals surface area contributed by atoms with Crippen LogP contribution in [0.2, 0.25) is 0 Å². The molecule has 1 heterocycles. The van der Waals surface area contributed by atoms with Crippen LogP contribution >= 0.6 is 11.8 Å². The summed E-state index contributed by atoms with van der Waals surface area (Å²) in [4.78, 5) is 4.42. The van der Waals surface area contributed by atoms with Crippen LogP contribution in [-0.4, -0.2) is 20.9 Å². The normalized spacial score (nSPS) is 12.6. The van der Waals surface area contributed by atoms with E-state index in [-0.39, 0.29) is 5.41 Å². The Bertz CT molecular complexity index is 309. The van der Waals surface area contributed by atoms with Gasteiger partial charge in [0.1, 0.15) is 0 Å². The van der Waals surface area contributed by atoms with E-state index in [4.69, 9.17) is 0 Å². The van der Waals surface area contributed by atoms with Gasteiger partial charge in [-0.2, -0.15) is 5.10 Å². The van der Waals surface area contributed by atoms with E-state index < -0.39 is 0 Å². The second-order valence-electron chi connectivity index (χ2n) is 4.09. The van der Waals surface area contributed by atoms with Gasteiger partial charge in [0.05, 0.1) is 0 Å². The fourth-order valence-corrected chi connectivity index (χ4v) is 1.58. The molecule has 0 aliphatic heterocycles. The van der Waals surface area contributed by atoms with Crippen molar-refractivity contribution in [1.82, 2.24) is 15.2 Å². The van der Waals surface area contributed by atoms with Crippen molar-refractivity contribution in [3.8, 4) is 0 Å². The van der Waals surface area contributed by atoms with Crippen molar-refractivity contribution in [3.05, 3.63) is 18.0 Å². The third-order valence-electron chi connectivity index (χ3n) is 1.69. The molecule has 0 radical (unpaired) electrons. The van der Waals surface area contributed by atoms with Gasteiger partial charge in [-0.3, -0.25) is 5.10 Å². The average molecular weight is 211 g/mol. The highest BCUT2D eigenvalue weighted by molar-refractivity contribution is 7.99. The molecule has 0 unspecified atom stereocenters. The van der Waals surface area contributed by atoms with Crippen molar-refractivity contribution in [2.24, 2.45) is 0 Å². The summed E-state index contributed by atoms with van der Waals surface area (Å²) in [5, 5.41) is 8.02. The predicted octanol–water partition coefficient (Wildman–Crippen LogP) is 2.77. The van der Waals surface area contributed by atoms with E-state index >= 15 is 0 Å². The van der Waals surface area contributed by atoms with E-state index in [2.05, 4.69) is 42.0 Å². The first-order chi connectivity index (χ1) is 6.54. The van der Waals surface area contributed by atoms with Gasteiger partial charge in [0.15, 0.2) is 11.0 Å². The molecule has 0 aliphatic rings. The Balaban J connectivity index is 2.60. The summed E-state index contributed by atoms with van der Waals surface area (Å²) in [7, 11) is 0. The molecule has 0 fully saturated rings. The molecule has 0 aromatic carbocycles. The molecule has 3 nitrogen and oxygen atoms in total. The molecule has 0 saturated carbocycles. The fraction of sp³-hybridized carbons (Fsp3) is 0.600. The summed E-state index contributed by atoms with van der Waals surface area (Å²) in [6.07, 6.45) is 4.14. The van der Waals surface area contributed by atoms with E-state index in [1.54, 1.807) is 11.8 Å². The number of nitrogens with one attached hydrogen (secondary N) is 1. The SMILES string of the molecule is CC=CCSc1nc(C(C)(C)C)n[nH]1. The van der Waals surface area contributed by atoms with Crippen molar-refractivity contribution in [2.45, 2.75) is 38.3 Å². The lowest BCUT2D eigenvalue weighted by molar-refractivity contribution is 0.547. The lowest BCUT2D eigenvalue weighted by Crippen LogP contribution is -2.13. The molecule has 14 heavy (non-hydrogen) atoms. The Morgan fingerprint density at radius 2 is 2.14 bits per heavy atom. The topological polar surface area (TPSA) is 41.6 Å². The predicted molar refractivity (Wildman–Crippen MR) is 60.6 cm³/mol. The number of aromatic nitrogens is 3. The Hall–Kier alpha value is -0.770. The molecule has 78 valence electrons. The van der Waals surface area contributed by atoms with Gasteiger partial charge < -0.3 is 0 Å². The number of aromatic amines is 1. The molecule has 1 N–H and O–H groups in total. The molecule has 0 saturated heterocycles. The molecule has 1 aromatic rings. The fourth-order valence-electron chi connectivity index (χ4n) is 0.870. The summed E-state index contributed by atoms with van der Waals surface area (Å²) in [5.41, 5.74) is 0.0237. The standard InChI is InChI=1S/C10H17N3S/c1-5-6-7-14-9-11-8(12-13-9)10(2,3)4/h5-6H,7H2,1-4H3,(H,11,12,13). The Kier molecular flexibility index (Phi) is 3.75. The lowest BCUT2D eigenvalue weighted by Gasteiger charge is -2.11. The highest BCUT2D eigenvalue weighted by Crippen LogP contribution is 2.20. The zero-order chi connectivity index (χ0) is 10.6. The highest BCUT2D eigenvalue weighted by atomic mass is 32.2. The van der Waals surface area contributed by atoms with Gasteiger partial charge >= 0.3 is 0 Å². The van der Waals surface area contributed by atoms with E-state index in [9.17, 15) is 0 Å². The number of rotatable bonds is 3. The zero-order valence-corrected chi connectivity index (χ0v) is 9.98. The first-order valence-electron chi connectivity index (χ1n) is 4.71. The zero-order valence-electron chi connectivity index (χ0n) is 9.16. The molecule has 0 bridgehead atoms. The average Bonchev–Trinajstić information content (AvgIpc) is 2.52. The second kappa shape index (κ2) is 4.64. The summed E-state index contributed by atoms with van der Waals surface area (Å²) in [6.45, 7) is 8.34. The molecule has 1 rings (SSSR count). The third-order valence-corrected chi connectivity index (χ3v) is 2.50. The maximum Gasteiger partial charge on any atom is 0.184 e. The molecule has 0 amide bonds. The number of H-pyrrole nitrogens is 1. The van der Waals surface area contributed by atoms with Gasteiger partial charge in [0.25, 0.3) is 0 Å². The lowest BCUT2D eigenvalue weighted by atomic mass is 9.96. The monoisotopic (exact) mass is 211 g/mol. The van der Waals surface area contributed by atoms with Crippen LogP contribution in [0.5, 0.6) is 0 Å². The Morgan fingerprint density at radius 3 is 2.64 bits per heavy atom. The summed E-state index contributed by atoms with van der Waals surface area (Å²) in [5.74, 6) is 1.82. The largest absolute Gasteiger partial charge is 0.254 e. The van der Waals surface area contributed by atoms with Crippen molar-refractivity contribution in [3.63, 3.8) is 0 Å². The number of hydrogen-bond donors (Lipinski definition) is 1. The van der Waals surface area contributed by atoms with Gasteiger partial charge in [-0.25, -0.2) is 4.98 Å². The minimum absolute atomic E-state index is 0.0237. The van der Waals surface area contributed by atoms with Crippen molar-refractivity contribution >= 4 is 11.8 Å². The maximum absolute atomic E-state index is 4.42. The van der Waals surface area contributed by atoms with Gasteiger partial charge in [-0.15, -0.1) is 0 Å². The van der Waals surface area contributed by atoms with Gasteiger partial charge in [0, 0.05) is 11.2 Å². The van der Waals surface area contributed by atoms with Crippen LogP contribution in [0.15, 0.2) is 17.3 Å². The van der Waals surface area contributed by atoms with Crippen LogP contribution in [0.1, 0.15) is 33.5 Å². The van der Waals surface area contributed by atoms with Crippen LogP contribution in [0.4, 0.5) is 0 Å². The molecule has 0 aliphatic carbocycles. The van der Waals surface area contributed by atoms with Gasteiger partial charge in [-0.1, -0.05) is 44.7 Å². The van der Waals surface area contributed by atoms with Gasteiger partial charge in [0.2, 0.25) is 0 Å². The maximum atomic E-state index is 4.42. The quantitative estimate of drug-likeness (QED) is 0.617. The molecule has 1 aromatic heterocycles. The number of allylic oxidation sites excluding steroid dienone is 1. The summed E-state index contributed by atoms with van der Waals surface area (Å²) >= 11 is 1.67. The van der Waals surface area contributed by atoms with Crippen LogP contribution in [0.25, 0.3) is 0 Å². The van der Waals surface area contributed by atoms with E-state index in [1.807, 2.05) is 13.0 Å². The highest BCUT2D eigenvalue weighted by Gasteiger charge is 2.18. The van der Waals surface area contributed by atoms with E-state index in [0.29, 0.717) is 0 Å². The van der Waals surface area contributed by atoms with E-state index in [1.165, 1.54) is 0 Å². The molecule has 4 heteroatoms. The second-order valence-corrected chi connectivity index (χ2v) is 5.10. The third kappa shape index (κ3) is 3.18. The van der Waals surface area contributed by atoms with Crippen molar-refractivity contribution in [2.75, 3.05) is 5.75 Å². The van der Waals surface area contributed by atoms with Crippen molar-refractivity contribution in [1.29, 1.82) is 0 Å². The first-order valence-corrected chi connectivity index (χ1v) is 5.69. The summed E-state index contributed by atoms with van der Waals surface area (Å²) < 4.78 is 0. The molecular formula is C10H17N3S. The smallest absolute Gasteiger partial charge is 0.184 e. The Labute approximate surface area is 89.4 Å². The van der Waals surface area contributed by atoms with Crippen LogP contribution in [0.3, 0.4) is 0 Å². The molecular weight excluding hydrogens is 194 g/mol. The van der Waals surface area contributed by atoms with Crippen LogP contribution in [0, 0.1) is 0 Å². The molecule has 0 atom stereocenters. The minimum Gasteiger partial charge on any atom is -0.254 e. The van der Waals surface area contributed by atoms with Gasteiger partial charge in [-0.05, 0) is 6.92 Å². The van der Waals surface area contributed by atoms with Crippen LogP contribution < -0.4 is 0 Å². The van der Waals surface area contributed by atoms with Crippen LogP contribution in [-0.2, 0) is 5.41 Å². The number of hydrogen-bond acceptors (Lipinski definition) is 3. The van der Waals surface area contributed by atoms with Crippen molar-refractivity contribution < 1.29 is 0 Å². The summed E-state index contributed by atoms with van der Waals surface area (Å²) in [6, 6.07) is 0.